The lowest BCUT2D eigenvalue weighted by molar-refractivity contribution is 0.0625. The molecule has 0 aliphatic carbocycles. The first-order valence-electron chi connectivity index (χ1n) is 11.8. The molecular weight excluding hydrogens is 428 g/mol. The van der Waals surface area contributed by atoms with Gasteiger partial charge in [-0.15, -0.1) is 0 Å². The van der Waals surface area contributed by atoms with E-state index in [4.69, 9.17) is 14.7 Å². The monoisotopic (exact) mass is 462 g/mol. The largest absolute Gasteiger partial charge is 0.497 e. The summed E-state index contributed by atoms with van der Waals surface area (Å²) in [5.74, 6) is 2.45. The number of carbonyl (C=O) groups is 1. The molecule has 2 aromatic carbocycles. The summed E-state index contributed by atoms with van der Waals surface area (Å²) >= 11 is 0. The maximum Gasteiger partial charge on any atom is 0.254 e. The van der Waals surface area contributed by atoms with E-state index in [1.807, 2.05) is 41.3 Å². The Labute approximate surface area is 201 Å². The van der Waals surface area contributed by atoms with Crippen LogP contribution in [-0.4, -0.2) is 91.0 Å². The van der Waals surface area contributed by atoms with E-state index in [2.05, 4.69) is 35.3 Å². The predicted molar refractivity (Wildman–Crippen MR) is 135 cm³/mol. The van der Waals surface area contributed by atoms with Gasteiger partial charge in [0.25, 0.3) is 5.91 Å². The van der Waals surface area contributed by atoms with Crippen LogP contribution in [0.5, 0.6) is 5.75 Å². The molecule has 1 N–H and O–H groups in total. The maximum absolute atomic E-state index is 12.9. The molecule has 180 valence electrons. The highest BCUT2D eigenvalue weighted by Crippen LogP contribution is 2.21. The van der Waals surface area contributed by atoms with Crippen molar-refractivity contribution in [2.75, 3.05) is 65.8 Å². The number of para-hydroxylation sites is 1. The number of methoxy groups -OCH3 is 1. The van der Waals surface area contributed by atoms with E-state index in [0.29, 0.717) is 30.9 Å². The Hall–Kier alpha value is -3.23. The SMILES string of the molecule is COc1cccc(C(=O)N2CCN(Cc3nc(NCCCN(C)C)c4ccccc4n3)CC2)c1. The van der Waals surface area contributed by atoms with Crippen LogP contribution >= 0.6 is 0 Å². The average Bonchev–Trinajstić information content (AvgIpc) is 2.86. The van der Waals surface area contributed by atoms with Gasteiger partial charge in [0.15, 0.2) is 0 Å². The average molecular weight is 463 g/mol. The Kier molecular flexibility index (Phi) is 7.92. The van der Waals surface area contributed by atoms with Crippen LogP contribution in [0.1, 0.15) is 22.6 Å². The van der Waals surface area contributed by atoms with Gasteiger partial charge in [-0.2, -0.15) is 0 Å². The Morgan fingerprint density at radius 1 is 1.06 bits per heavy atom. The zero-order chi connectivity index (χ0) is 23.9. The van der Waals surface area contributed by atoms with E-state index in [1.165, 1.54) is 0 Å². The molecule has 0 radical (unpaired) electrons. The molecule has 34 heavy (non-hydrogen) atoms. The number of nitrogens with zero attached hydrogens (tertiary/aromatic N) is 5. The molecule has 1 aliphatic rings. The van der Waals surface area contributed by atoms with Crippen molar-refractivity contribution >= 4 is 22.6 Å². The normalized spacial score (nSPS) is 14.5. The van der Waals surface area contributed by atoms with E-state index in [1.54, 1.807) is 13.2 Å². The molecule has 0 spiro atoms. The molecular formula is C26H34N6O2. The highest BCUT2D eigenvalue weighted by molar-refractivity contribution is 5.94. The third-order valence-electron chi connectivity index (χ3n) is 6.07. The van der Waals surface area contributed by atoms with Gasteiger partial charge in [-0.3, -0.25) is 9.69 Å². The number of fused-ring (bicyclic) bond motifs is 1. The van der Waals surface area contributed by atoms with Crippen molar-refractivity contribution in [2.45, 2.75) is 13.0 Å². The first kappa shape index (κ1) is 23.9. The van der Waals surface area contributed by atoms with Crippen molar-refractivity contribution in [2.24, 2.45) is 0 Å². The van der Waals surface area contributed by atoms with Crippen molar-refractivity contribution < 1.29 is 9.53 Å². The summed E-state index contributed by atoms with van der Waals surface area (Å²) in [5, 5.41) is 4.56. The summed E-state index contributed by atoms with van der Waals surface area (Å²) in [7, 11) is 5.78. The van der Waals surface area contributed by atoms with Gasteiger partial charge >= 0.3 is 0 Å². The van der Waals surface area contributed by atoms with Crippen LogP contribution in [0.25, 0.3) is 10.9 Å². The highest BCUT2D eigenvalue weighted by atomic mass is 16.5. The molecule has 0 atom stereocenters. The molecule has 0 unspecified atom stereocenters. The minimum atomic E-state index is 0.0460. The summed E-state index contributed by atoms with van der Waals surface area (Å²) in [5.41, 5.74) is 1.62. The van der Waals surface area contributed by atoms with E-state index in [9.17, 15) is 4.79 Å². The van der Waals surface area contributed by atoms with Crippen molar-refractivity contribution in [3.05, 3.63) is 59.9 Å². The quantitative estimate of drug-likeness (QED) is 0.490. The van der Waals surface area contributed by atoms with Gasteiger partial charge in [0.1, 0.15) is 17.4 Å². The standard InChI is InChI=1S/C26H34N6O2/c1-30(2)13-7-12-27-25-22-10-4-5-11-23(22)28-24(29-25)19-31-14-16-32(17-15-31)26(33)20-8-6-9-21(18-20)34-3/h4-6,8-11,18H,7,12-17,19H2,1-3H3,(H,27,28,29). The number of nitrogens with one attached hydrogen (secondary N) is 1. The molecule has 0 bridgehead atoms. The summed E-state index contributed by atoms with van der Waals surface area (Å²) in [4.78, 5) is 29.0. The molecule has 3 aromatic rings. The number of rotatable bonds is 9. The number of carbonyl (C=O) groups excluding carboxylic acids is 1. The second-order valence-electron chi connectivity index (χ2n) is 8.89. The van der Waals surface area contributed by atoms with Gasteiger partial charge in [0, 0.05) is 43.7 Å². The summed E-state index contributed by atoms with van der Waals surface area (Å²) in [6.07, 6.45) is 1.05. The lowest BCUT2D eigenvalue weighted by Crippen LogP contribution is -2.48. The third-order valence-corrected chi connectivity index (χ3v) is 6.07. The lowest BCUT2D eigenvalue weighted by Gasteiger charge is -2.34. The maximum atomic E-state index is 12.9. The number of benzene rings is 2. The number of amides is 1. The molecule has 1 amide bonds. The number of piperazine rings is 1. The van der Waals surface area contributed by atoms with Crippen molar-refractivity contribution in [1.29, 1.82) is 0 Å². The van der Waals surface area contributed by atoms with Crippen LogP contribution < -0.4 is 10.1 Å². The molecule has 8 nitrogen and oxygen atoms in total. The van der Waals surface area contributed by atoms with Crippen molar-refractivity contribution in [3.8, 4) is 5.75 Å². The second-order valence-corrected chi connectivity index (χ2v) is 8.89. The topological polar surface area (TPSA) is 73.8 Å². The molecule has 0 saturated carbocycles. The van der Waals surface area contributed by atoms with Crippen LogP contribution in [0.2, 0.25) is 0 Å². The number of hydrogen-bond acceptors (Lipinski definition) is 7. The molecule has 1 fully saturated rings. The fourth-order valence-corrected chi connectivity index (χ4v) is 4.18. The van der Waals surface area contributed by atoms with Gasteiger partial charge in [-0.05, 0) is 57.4 Å². The van der Waals surface area contributed by atoms with Gasteiger partial charge in [-0.1, -0.05) is 18.2 Å². The van der Waals surface area contributed by atoms with Crippen molar-refractivity contribution in [3.63, 3.8) is 0 Å². The molecule has 1 aliphatic heterocycles. The molecule has 1 aromatic heterocycles. The fraction of sp³-hybridized carbons (Fsp3) is 0.423. The van der Waals surface area contributed by atoms with Gasteiger partial charge in [0.05, 0.1) is 19.2 Å². The van der Waals surface area contributed by atoms with Crippen LogP contribution in [0.3, 0.4) is 0 Å². The van der Waals surface area contributed by atoms with Gasteiger partial charge in [0.2, 0.25) is 0 Å². The zero-order valence-corrected chi connectivity index (χ0v) is 20.3. The Bertz CT molecular complexity index is 1110. The number of aromatic nitrogens is 2. The van der Waals surface area contributed by atoms with E-state index >= 15 is 0 Å². The van der Waals surface area contributed by atoms with Gasteiger partial charge < -0.3 is 19.9 Å². The van der Waals surface area contributed by atoms with Crippen LogP contribution in [-0.2, 0) is 6.54 Å². The lowest BCUT2D eigenvalue weighted by atomic mass is 10.1. The minimum Gasteiger partial charge on any atom is -0.497 e. The van der Waals surface area contributed by atoms with E-state index in [-0.39, 0.29) is 5.91 Å². The minimum absolute atomic E-state index is 0.0460. The van der Waals surface area contributed by atoms with Crippen LogP contribution in [0.4, 0.5) is 5.82 Å². The Morgan fingerprint density at radius 3 is 2.62 bits per heavy atom. The number of hydrogen-bond donors (Lipinski definition) is 1. The first-order chi connectivity index (χ1) is 16.5. The number of anilines is 1. The van der Waals surface area contributed by atoms with Crippen molar-refractivity contribution in [1.82, 2.24) is 24.7 Å². The fourth-order valence-electron chi connectivity index (χ4n) is 4.18. The predicted octanol–water partition coefficient (Wildman–Crippen LogP) is 2.96. The smallest absolute Gasteiger partial charge is 0.254 e. The third kappa shape index (κ3) is 6.01. The first-order valence-corrected chi connectivity index (χ1v) is 11.8. The Balaban J connectivity index is 1.38. The molecule has 2 heterocycles. The summed E-state index contributed by atoms with van der Waals surface area (Å²) in [6, 6.07) is 15.5. The molecule has 8 heteroatoms. The van der Waals surface area contributed by atoms with E-state index < -0.39 is 0 Å². The number of ether oxygens (including phenoxy) is 1. The van der Waals surface area contributed by atoms with Crippen LogP contribution in [0.15, 0.2) is 48.5 Å². The summed E-state index contributed by atoms with van der Waals surface area (Å²) in [6.45, 7) is 5.50. The summed E-state index contributed by atoms with van der Waals surface area (Å²) < 4.78 is 5.26. The molecule has 4 rings (SSSR count). The Morgan fingerprint density at radius 2 is 1.85 bits per heavy atom. The van der Waals surface area contributed by atoms with Gasteiger partial charge in [-0.25, -0.2) is 9.97 Å². The molecule has 1 saturated heterocycles. The van der Waals surface area contributed by atoms with E-state index in [0.717, 1.165) is 55.1 Å². The highest BCUT2D eigenvalue weighted by Gasteiger charge is 2.23. The zero-order valence-electron chi connectivity index (χ0n) is 20.3. The van der Waals surface area contributed by atoms with Crippen LogP contribution in [0, 0.1) is 0 Å². The second kappa shape index (κ2) is 11.3.